The number of piperazine rings is 1. The highest BCUT2D eigenvalue weighted by atomic mass is 16.5. The molecule has 0 saturated carbocycles. The van der Waals surface area contributed by atoms with E-state index in [4.69, 9.17) is 4.74 Å². The summed E-state index contributed by atoms with van der Waals surface area (Å²) in [5.74, 6) is 1.83. The van der Waals surface area contributed by atoms with Crippen molar-refractivity contribution in [3.8, 4) is 5.75 Å². The maximum absolute atomic E-state index is 5.23. The predicted molar refractivity (Wildman–Crippen MR) is 100 cm³/mol. The van der Waals surface area contributed by atoms with Gasteiger partial charge in [-0.1, -0.05) is 0 Å². The van der Waals surface area contributed by atoms with Crippen LogP contribution in [0.15, 0.2) is 41.5 Å². The number of hydrogen-bond acceptors (Lipinski definition) is 4. The molecule has 1 fully saturated rings. The van der Waals surface area contributed by atoms with Crippen molar-refractivity contribution in [3.63, 3.8) is 0 Å². The Bertz CT molecular complexity index is 701. The molecule has 3 rings (SSSR count). The summed E-state index contributed by atoms with van der Waals surface area (Å²) in [6.45, 7) is 4.55. The van der Waals surface area contributed by atoms with E-state index in [1.54, 1.807) is 7.11 Å². The van der Waals surface area contributed by atoms with Crippen LogP contribution in [-0.4, -0.2) is 61.0 Å². The number of methoxy groups -OCH3 is 1. The molecule has 1 aromatic carbocycles. The summed E-state index contributed by atoms with van der Waals surface area (Å²) in [4.78, 5) is 9.12. The first kappa shape index (κ1) is 17.1. The number of guanidine groups is 1. The van der Waals surface area contributed by atoms with Crippen LogP contribution in [0, 0.1) is 0 Å². The lowest BCUT2D eigenvalue weighted by Gasteiger charge is -2.37. The van der Waals surface area contributed by atoms with Crippen LogP contribution >= 0.6 is 0 Å². The average Bonchev–Trinajstić information content (AvgIpc) is 3.08. The van der Waals surface area contributed by atoms with Gasteiger partial charge in [0.25, 0.3) is 0 Å². The van der Waals surface area contributed by atoms with E-state index in [1.165, 1.54) is 5.69 Å². The molecule has 1 N–H and O–H groups in total. The highest BCUT2D eigenvalue weighted by Crippen LogP contribution is 2.20. The van der Waals surface area contributed by atoms with E-state index in [1.807, 2.05) is 43.2 Å². The molecule has 7 heteroatoms. The first-order valence-electron chi connectivity index (χ1n) is 8.52. The number of benzene rings is 1. The first-order valence-corrected chi connectivity index (χ1v) is 8.52. The van der Waals surface area contributed by atoms with E-state index in [0.29, 0.717) is 0 Å². The molecule has 134 valence electrons. The normalized spacial score (nSPS) is 15.4. The molecule has 1 aromatic heterocycles. The van der Waals surface area contributed by atoms with Gasteiger partial charge in [-0.2, -0.15) is 5.10 Å². The van der Waals surface area contributed by atoms with Gasteiger partial charge in [-0.05, 0) is 30.3 Å². The summed E-state index contributed by atoms with van der Waals surface area (Å²) in [5.41, 5.74) is 2.37. The predicted octanol–water partition coefficient (Wildman–Crippen LogP) is 1.33. The number of aryl methyl sites for hydroxylation is 1. The van der Waals surface area contributed by atoms with Crippen LogP contribution in [0.25, 0.3) is 0 Å². The molecule has 0 atom stereocenters. The molecular formula is C18H26N6O. The third kappa shape index (κ3) is 4.04. The summed E-state index contributed by atoms with van der Waals surface area (Å²) in [6.07, 6.45) is 1.81. The number of nitrogens with zero attached hydrogens (tertiary/aromatic N) is 5. The van der Waals surface area contributed by atoms with Gasteiger partial charge < -0.3 is 19.9 Å². The van der Waals surface area contributed by atoms with Crippen LogP contribution in [0.5, 0.6) is 5.75 Å². The minimum Gasteiger partial charge on any atom is -0.497 e. The fourth-order valence-electron chi connectivity index (χ4n) is 3.05. The molecule has 0 unspecified atom stereocenters. The molecule has 1 aliphatic rings. The Morgan fingerprint density at radius 3 is 2.44 bits per heavy atom. The molecule has 2 heterocycles. The number of hydrogen-bond donors (Lipinski definition) is 1. The van der Waals surface area contributed by atoms with Gasteiger partial charge in [0.1, 0.15) is 5.75 Å². The van der Waals surface area contributed by atoms with Crippen molar-refractivity contribution >= 4 is 11.6 Å². The molecular weight excluding hydrogens is 316 g/mol. The highest BCUT2D eigenvalue weighted by molar-refractivity contribution is 5.80. The first-order chi connectivity index (χ1) is 12.2. The zero-order valence-electron chi connectivity index (χ0n) is 15.1. The van der Waals surface area contributed by atoms with Crippen molar-refractivity contribution < 1.29 is 4.74 Å². The fourth-order valence-corrected chi connectivity index (χ4v) is 3.05. The van der Waals surface area contributed by atoms with Gasteiger partial charge in [0, 0.05) is 52.2 Å². The van der Waals surface area contributed by atoms with Crippen molar-refractivity contribution in [2.45, 2.75) is 6.54 Å². The Morgan fingerprint density at radius 1 is 1.16 bits per heavy atom. The van der Waals surface area contributed by atoms with Crippen LogP contribution in [0.3, 0.4) is 0 Å². The molecule has 1 aliphatic heterocycles. The highest BCUT2D eigenvalue weighted by Gasteiger charge is 2.20. The summed E-state index contributed by atoms with van der Waals surface area (Å²) in [6, 6.07) is 10.3. The van der Waals surface area contributed by atoms with Crippen LogP contribution in [-0.2, 0) is 13.6 Å². The van der Waals surface area contributed by atoms with Crippen molar-refractivity contribution in [1.82, 2.24) is 20.0 Å². The second-order valence-corrected chi connectivity index (χ2v) is 6.02. The van der Waals surface area contributed by atoms with Crippen LogP contribution in [0.4, 0.5) is 5.69 Å². The monoisotopic (exact) mass is 342 g/mol. The molecule has 2 aromatic rings. The van der Waals surface area contributed by atoms with Crippen molar-refractivity contribution in [2.24, 2.45) is 12.0 Å². The van der Waals surface area contributed by atoms with Crippen LogP contribution in [0.2, 0.25) is 0 Å². The molecule has 0 spiro atoms. The standard InChI is InChI=1S/C18H26N6O/c1-19-18(20-14-16-8-9-21-22(16)2)24-12-10-23(11-13-24)15-4-6-17(25-3)7-5-15/h4-9H,10-14H2,1-3H3,(H,19,20). The molecule has 0 bridgehead atoms. The minimum atomic E-state index is 0.724. The van der Waals surface area contributed by atoms with E-state index in [9.17, 15) is 0 Å². The SMILES string of the molecule is CN=C(NCc1ccnn1C)N1CCN(c2ccc(OC)cc2)CC1. The maximum atomic E-state index is 5.23. The zero-order chi connectivity index (χ0) is 17.6. The van der Waals surface area contributed by atoms with Gasteiger partial charge in [0.15, 0.2) is 5.96 Å². The number of nitrogens with one attached hydrogen (secondary N) is 1. The van der Waals surface area contributed by atoms with Gasteiger partial charge in [-0.3, -0.25) is 9.67 Å². The summed E-state index contributed by atoms with van der Waals surface area (Å²) < 4.78 is 7.11. The average molecular weight is 342 g/mol. The fraction of sp³-hybridized carbons (Fsp3) is 0.444. The third-order valence-corrected chi connectivity index (χ3v) is 4.58. The lowest BCUT2D eigenvalue weighted by atomic mass is 10.2. The van der Waals surface area contributed by atoms with E-state index in [-0.39, 0.29) is 0 Å². The van der Waals surface area contributed by atoms with Gasteiger partial charge in [-0.15, -0.1) is 0 Å². The van der Waals surface area contributed by atoms with Crippen molar-refractivity contribution in [1.29, 1.82) is 0 Å². The molecule has 25 heavy (non-hydrogen) atoms. The molecule has 7 nitrogen and oxygen atoms in total. The minimum absolute atomic E-state index is 0.724. The Morgan fingerprint density at radius 2 is 1.88 bits per heavy atom. The number of ether oxygens (including phenoxy) is 1. The Labute approximate surface area is 148 Å². The zero-order valence-corrected chi connectivity index (χ0v) is 15.1. The molecule has 1 saturated heterocycles. The number of aromatic nitrogens is 2. The lowest BCUT2D eigenvalue weighted by molar-refractivity contribution is 0.371. The molecule has 0 amide bonds. The van der Waals surface area contributed by atoms with Crippen molar-refractivity contribution in [2.75, 3.05) is 45.2 Å². The second kappa shape index (κ2) is 7.92. The maximum Gasteiger partial charge on any atom is 0.194 e. The van der Waals surface area contributed by atoms with E-state index < -0.39 is 0 Å². The van der Waals surface area contributed by atoms with Crippen LogP contribution < -0.4 is 15.0 Å². The summed E-state index contributed by atoms with van der Waals surface area (Å²) in [5, 5.41) is 7.63. The number of anilines is 1. The smallest absolute Gasteiger partial charge is 0.194 e. The van der Waals surface area contributed by atoms with Crippen molar-refractivity contribution in [3.05, 3.63) is 42.2 Å². The van der Waals surface area contributed by atoms with E-state index in [0.717, 1.165) is 50.1 Å². The van der Waals surface area contributed by atoms with Gasteiger partial charge in [-0.25, -0.2) is 0 Å². The number of aliphatic imine (C=N–C) groups is 1. The quantitative estimate of drug-likeness (QED) is 0.671. The van der Waals surface area contributed by atoms with E-state index >= 15 is 0 Å². The Balaban J connectivity index is 1.54. The summed E-state index contributed by atoms with van der Waals surface area (Å²) >= 11 is 0. The summed E-state index contributed by atoms with van der Waals surface area (Å²) in [7, 11) is 5.48. The van der Waals surface area contributed by atoms with E-state index in [2.05, 4.69) is 37.3 Å². The largest absolute Gasteiger partial charge is 0.497 e. The topological polar surface area (TPSA) is 57.9 Å². The lowest BCUT2D eigenvalue weighted by Crippen LogP contribution is -2.52. The van der Waals surface area contributed by atoms with Gasteiger partial charge >= 0.3 is 0 Å². The third-order valence-electron chi connectivity index (χ3n) is 4.58. The molecule has 0 radical (unpaired) electrons. The number of rotatable bonds is 4. The second-order valence-electron chi connectivity index (χ2n) is 6.02. The van der Waals surface area contributed by atoms with Gasteiger partial charge in [0.2, 0.25) is 0 Å². The Hall–Kier alpha value is -2.70. The van der Waals surface area contributed by atoms with Gasteiger partial charge in [0.05, 0.1) is 19.3 Å². The molecule has 0 aliphatic carbocycles. The van der Waals surface area contributed by atoms with Crippen LogP contribution in [0.1, 0.15) is 5.69 Å². The Kier molecular flexibility index (Phi) is 5.42.